The lowest BCUT2D eigenvalue weighted by Crippen LogP contribution is -2.37. The molecule has 112 valence electrons. The molecule has 0 spiro atoms. The molecule has 1 atom stereocenters. The molecule has 20 heavy (non-hydrogen) atoms. The Morgan fingerprint density at radius 2 is 1.80 bits per heavy atom. The van der Waals surface area contributed by atoms with Gasteiger partial charge in [-0.1, -0.05) is 40.9 Å². The minimum atomic E-state index is -0.425. The van der Waals surface area contributed by atoms with Crippen LogP contribution < -0.4 is 0 Å². The second-order valence-corrected chi connectivity index (χ2v) is 6.47. The van der Waals surface area contributed by atoms with Crippen molar-refractivity contribution in [3.8, 4) is 0 Å². The molecule has 1 aliphatic carbocycles. The van der Waals surface area contributed by atoms with Crippen LogP contribution in [-0.2, 0) is 0 Å². The molecule has 1 aromatic carbocycles. The van der Waals surface area contributed by atoms with Crippen LogP contribution in [0.1, 0.15) is 43.8 Å². The van der Waals surface area contributed by atoms with Crippen molar-refractivity contribution in [1.29, 1.82) is 0 Å². The quantitative estimate of drug-likeness (QED) is 0.800. The second kappa shape index (κ2) is 8.13. The van der Waals surface area contributed by atoms with Gasteiger partial charge in [0.2, 0.25) is 0 Å². The Morgan fingerprint density at radius 1 is 1.15 bits per heavy atom. The number of aliphatic hydroxyl groups excluding tert-OH is 2. The van der Waals surface area contributed by atoms with Crippen LogP contribution in [-0.4, -0.2) is 40.9 Å². The van der Waals surface area contributed by atoms with Gasteiger partial charge in [-0.15, -0.1) is 0 Å². The van der Waals surface area contributed by atoms with Crippen LogP contribution in [0.4, 0.5) is 0 Å². The SMILES string of the molecule is OCCN(CCC(O)c1ccc(Br)cc1)C1CCCC1. The topological polar surface area (TPSA) is 43.7 Å². The third-order valence-corrected chi connectivity index (χ3v) is 4.70. The van der Waals surface area contributed by atoms with E-state index in [4.69, 9.17) is 0 Å². The van der Waals surface area contributed by atoms with E-state index in [0.717, 1.165) is 29.5 Å². The number of hydrogen-bond donors (Lipinski definition) is 2. The molecule has 2 rings (SSSR count). The zero-order chi connectivity index (χ0) is 14.4. The number of benzene rings is 1. The molecule has 2 N–H and O–H groups in total. The van der Waals surface area contributed by atoms with Gasteiger partial charge in [0, 0.05) is 23.6 Å². The van der Waals surface area contributed by atoms with E-state index in [0.29, 0.717) is 6.04 Å². The normalized spacial score (nSPS) is 17.8. The third kappa shape index (κ3) is 4.55. The van der Waals surface area contributed by atoms with Crippen molar-refractivity contribution in [3.05, 3.63) is 34.3 Å². The molecule has 0 saturated heterocycles. The van der Waals surface area contributed by atoms with Crippen molar-refractivity contribution in [2.45, 2.75) is 44.2 Å². The number of nitrogens with zero attached hydrogens (tertiary/aromatic N) is 1. The lowest BCUT2D eigenvalue weighted by molar-refractivity contribution is 0.108. The van der Waals surface area contributed by atoms with E-state index >= 15 is 0 Å². The van der Waals surface area contributed by atoms with Crippen molar-refractivity contribution in [1.82, 2.24) is 4.90 Å². The average Bonchev–Trinajstić information content (AvgIpc) is 2.98. The number of rotatable bonds is 7. The summed E-state index contributed by atoms with van der Waals surface area (Å²) in [4.78, 5) is 2.34. The molecule has 1 aliphatic rings. The maximum absolute atomic E-state index is 10.3. The van der Waals surface area contributed by atoms with Gasteiger partial charge in [0.15, 0.2) is 0 Å². The van der Waals surface area contributed by atoms with Crippen molar-refractivity contribution in [3.63, 3.8) is 0 Å². The smallest absolute Gasteiger partial charge is 0.0802 e. The van der Waals surface area contributed by atoms with Gasteiger partial charge in [0.25, 0.3) is 0 Å². The predicted octanol–water partition coefficient (Wildman–Crippen LogP) is 3.11. The first-order chi connectivity index (χ1) is 9.70. The van der Waals surface area contributed by atoms with Crippen LogP contribution in [0, 0.1) is 0 Å². The molecular formula is C16H24BrNO2. The van der Waals surface area contributed by atoms with E-state index in [2.05, 4.69) is 20.8 Å². The van der Waals surface area contributed by atoms with Crippen LogP contribution in [0.15, 0.2) is 28.7 Å². The minimum Gasteiger partial charge on any atom is -0.395 e. The zero-order valence-electron chi connectivity index (χ0n) is 11.8. The Labute approximate surface area is 129 Å². The van der Waals surface area contributed by atoms with Crippen molar-refractivity contribution in [2.24, 2.45) is 0 Å². The summed E-state index contributed by atoms with van der Waals surface area (Å²) < 4.78 is 1.03. The molecule has 0 amide bonds. The molecule has 0 aliphatic heterocycles. The Hall–Kier alpha value is -0.420. The summed E-state index contributed by atoms with van der Waals surface area (Å²) in [7, 11) is 0. The summed E-state index contributed by atoms with van der Waals surface area (Å²) in [5.74, 6) is 0. The van der Waals surface area contributed by atoms with Crippen LogP contribution in [0.5, 0.6) is 0 Å². The van der Waals surface area contributed by atoms with Crippen molar-refractivity contribution in [2.75, 3.05) is 19.7 Å². The van der Waals surface area contributed by atoms with E-state index in [1.54, 1.807) is 0 Å². The van der Waals surface area contributed by atoms with E-state index in [1.165, 1.54) is 25.7 Å². The molecule has 0 heterocycles. The van der Waals surface area contributed by atoms with Crippen LogP contribution in [0.2, 0.25) is 0 Å². The number of halogens is 1. The van der Waals surface area contributed by atoms with E-state index in [1.807, 2.05) is 24.3 Å². The van der Waals surface area contributed by atoms with Crippen LogP contribution in [0.25, 0.3) is 0 Å². The zero-order valence-corrected chi connectivity index (χ0v) is 13.4. The van der Waals surface area contributed by atoms with Gasteiger partial charge in [-0.05, 0) is 37.0 Å². The second-order valence-electron chi connectivity index (χ2n) is 5.55. The lowest BCUT2D eigenvalue weighted by Gasteiger charge is -2.29. The molecular weight excluding hydrogens is 318 g/mol. The van der Waals surface area contributed by atoms with Gasteiger partial charge in [0.1, 0.15) is 0 Å². The monoisotopic (exact) mass is 341 g/mol. The summed E-state index contributed by atoms with van der Waals surface area (Å²) in [6, 6.07) is 8.43. The highest BCUT2D eigenvalue weighted by atomic mass is 79.9. The highest BCUT2D eigenvalue weighted by Gasteiger charge is 2.22. The molecule has 0 radical (unpaired) electrons. The van der Waals surface area contributed by atoms with E-state index in [9.17, 15) is 10.2 Å². The summed E-state index contributed by atoms with van der Waals surface area (Å²) in [5, 5.41) is 19.5. The first-order valence-electron chi connectivity index (χ1n) is 7.49. The van der Waals surface area contributed by atoms with E-state index in [-0.39, 0.29) is 6.61 Å². The fourth-order valence-corrected chi connectivity index (χ4v) is 3.28. The van der Waals surface area contributed by atoms with Gasteiger partial charge in [0.05, 0.1) is 12.7 Å². The lowest BCUT2D eigenvalue weighted by atomic mass is 10.1. The highest BCUT2D eigenvalue weighted by Crippen LogP contribution is 2.25. The maximum Gasteiger partial charge on any atom is 0.0802 e. The predicted molar refractivity (Wildman–Crippen MR) is 84.6 cm³/mol. The molecule has 4 heteroatoms. The average molecular weight is 342 g/mol. The first kappa shape index (κ1) is 16.0. The van der Waals surface area contributed by atoms with Gasteiger partial charge >= 0.3 is 0 Å². The minimum absolute atomic E-state index is 0.199. The van der Waals surface area contributed by atoms with Gasteiger partial charge in [-0.3, -0.25) is 4.90 Å². The highest BCUT2D eigenvalue weighted by molar-refractivity contribution is 9.10. The standard InChI is InChI=1S/C16H24BrNO2/c17-14-7-5-13(6-8-14)16(20)9-10-18(11-12-19)15-3-1-2-4-15/h5-8,15-16,19-20H,1-4,9-12H2. The van der Waals surface area contributed by atoms with E-state index < -0.39 is 6.10 Å². The Kier molecular flexibility index (Phi) is 6.49. The van der Waals surface area contributed by atoms with Gasteiger partial charge in [-0.25, -0.2) is 0 Å². The number of hydrogen-bond acceptors (Lipinski definition) is 3. The fourth-order valence-electron chi connectivity index (χ4n) is 3.01. The molecule has 1 aromatic rings. The Bertz CT molecular complexity index is 390. The molecule has 3 nitrogen and oxygen atoms in total. The van der Waals surface area contributed by atoms with Gasteiger partial charge in [-0.2, -0.15) is 0 Å². The van der Waals surface area contributed by atoms with Crippen LogP contribution >= 0.6 is 15.9 Å². The summed E-state index contributed by atoms with van der Waals surface area (Å²) in [6.07, 6.45) is 5.34. The van der Waals surface area contributed by atoms with Gasteiger partial charge < -0.3 is 10.2 Å². The first-order valence-corrected chi connectivity index (χ1v) is 8.28. The molecule has 0 aromatic heterocycles. The summed E-state index contributed by atoms with van der Waals surface area (Å²) >= 11 is 3.40. The third-order valence-electron chi connectivity index (χ3n) is 4.17. The summed E-state index contributed by atoms with van der Waals surface area (Å²) in [5.41, 5.74) is 0.962. The van der Waals surface area contributed by atoms with Crippen molar-refractivity contribution < 1.29 is 10.2 Å². The molecule has 1 fully saturated rings. The molecule has 1 saturated carbocycles. The number of aliphatic hydroxyl groups is 2. The van der Waals surface area contributed by atoms with Crippen LogP contribution in [0.3, 0.4) is 0 Å². The largest absolute Gasteiger partial charge is 0.395 e. The fraction of sp³-hybridized carbons (Fsp3) is 0.625. The van der Waals surface area contributed by atoms with Crippen molar-refractivity contribution >= 4 is 15.9 Å². The molecule has 1 unspecified atom stereocenters. The Balaban J connectivity index is 1.86. The maximum atomic E-state index is 10.3. The summed E-state index contributed by atoms with van der Waals surface area (Å²) in [6.45, 7) is 1.77. The Morgan fingerprint density at radius 3 is 2.40 bits per heavy atom. The molecule has 0 bridgehead atoms.